The highest BCUT2D eigenvalue weighted by Crippen LogP contribution is 2.21. The Morgan fingerprint density at radius 1 is 1.48 bits per heavy atom. The number of carbonyl (C=O) groups is 1. The summed E-state index contributed by atoms with van der Waals surface area (Å²) in [5, 5.41) is 3.16. The van der Waals surface area contributed by atoms with Gasteiger partial charge in [0.25, 0.3) is 5.91 Å². The Labute approximate surface area is 136 Å². The van der Waals surface area contributed by atoms with E-state index in [1.54, 1.807) is 23.5 Å². The summed E-state index contributed by atoms with van der Waals surface area (Å²) in [5.41, 5.74) is 4.85. The lowest BCUT2D eigenvalue weighted by Crippen LogP contribution is -2.30. The van der Waals surface area contributed by atoms with Crippen molar-refractivity contribution in [1.82, 2.24) is 15.3 Å². The summed E-state index contributed by atoms with van der Waals surface area (Å²) >= 11 is 5.16. The van der Waals surface area contributed by atoms with Crippen LogP contribution < -0.4 is 11.3 Å². The van der Waals surface area contributed by atoms with Gasteiger partial charge in [-0.3, -0.25) is 15.1 Å². The number of hydrogen-bond donors (Lipinski definition) is 2. The van der Waals surface area contributed by atoms with E-state index in [0.29, 0.717) is 5.56 Å². The van der Waals surface area contributed by atoms with Crippen LogP contribution in [0.4, 0.5) is 0 Å². The molecule has 1 heterocycles. The van der Waals surface area contributed by atoms with Gasteiger partial charge in [0.1, 0.15) is 0 Å². The van der Waals surface area contributed by atoms with Gasteiger partial charge in [0.2, 0.25) is 0 Å². The lowest BCUT2D eigenvalue weighted by atomic mass is 10.1. The van der Waals surface area contributed by atoms with Crippen molar-refractivity contribution >= 4 is 33.2 Å². The van der Waals surface area contributed by atoms with Crippen LogP contribution in [0.5, 0.6) is 0 Å². The second kappa shape index (κ2) is 7.13. The highest BCUT2D eigenvalue weighted by molar-refractivity contribution is 9.10. The molecule has 0 bridgehead atoms. The fourth-order valence-corrected chi connectivity index (χ4v) is 3.11. The van der Waals surface area contributed by atoms with Gasteiger partial charge in [-0.25, -0.2) is 10.8 Å². The Morgan fingerprint density at radius 2 is 2.24 bits per heavy atom. The van der Waals surface area contributed by atoms with Crippen molar-refractivity contribution in [2.45, 2.75) is 20.0 Å². The van der Waals surface area contributed by atoms with E-state index >= 15 is 0 Å². The van der Waals surface area contributed by atoms with Crippen molar-refractivity contribution in [1.29, 1.82) is 0 Å². The Kier molecular flexibility index (Phi) is 5.46. The number of hydrogen-bond acceptors (Lipinski definition) is 5. The van der Waals surface area contributed by atoms with Crippen molar-refractivity contribution in [2.24, 2.45) is 5.84 Å². The van der Waals surface area contributed by atoms with Crippen LogP contribution in [0.2, 0.25) is 0 Å². The molecule has 0 saturated heterocycles. The third-order valence-corrected chi connectivity index (χ3v) is 4.55. The second-order valence-corrected chi connectivity index (χ2v) is 6.73. The van der Waals surface area contributed by atoms with Crippen molar-refractivity contribution in [2.75, 3.05) is 7.05 Å². The van der Waals surface area contributed by atoms with Crippen molar-refractivity contribution in [3.63, 3.8) is 0 Å². The molecule has 0 aliphatic carbocycles. The minimum atomic E-state index is -0.298. The number of thiazole rings is 1. The summed E-state index contributed by atoms with van der Waals surface area (Å²) in [6, 6.07) is 5.47. The molecule has 7 heteroatoms. The van der Waals surface area contributed by atoms with Gasteiger partial charge < -0.3 is 0 Å². The van der Waals surface area contributed by atoms with Gasteiger partial charge in [0.15, 0.2) is 0 Å². The Hall–Kier alpha value is -1.28. The van der Waals surface area contributed by atoms with Crippen LogP contribution in [0.15, 0.2) is 28.1 Å². The third kappa shape index (κ3) is 4.34. The molecule has 0 aliphatic rings. The number of halogens is 1. The first-order valence-corrected chi connectivity index (χ1v) is 8.05. The summed E-state index contributed by atoms with van der Waals surface area (Å²) in [5.74, 6) is 4.83. The fourth-order valence-electron chi connectivity index (χ4n) is 2.00. The molecule has 21 heavy (non-hydrogen) atoms. The number of nitrogens with zero attached hydrogens (tertiary/aromatic N) is 2. The van der Waals surface area contributed by atoms with Crippen molar-refractivity contribution in [3.05, 3.63) is 49.9 Å². The maximum atomic E-state index is 11.5. The SMILES string of the molecule is Cc1nc(CN(C)Cc2ccc(C(=O)NN)cc2Br)cs1. The van der Waals surface area contributed by atoms with E-state index in [-0.39, 0.29) is 5.91 Å². The zero-order valence-corrected chi connectivity index (χ0v) is 14.3. The highest BCUT2D eigenvalue weighted by Gasteiger charge is 2.10. The van der Waals surface area contributed by atoms with Gasteiger partial charge >= 0.3 is 0 Å². The molecule has 0 aliphatic heterocycles. The van der Waals surface area contributed by atoms with E-state index in [2.05, 4.69) is 36.6 Å². The fraction of sp³-hybridized carbons (Fsp3) is 0.286. The number of rotatable bonds is 5. The predicted octanol–water partition coefficient (Wildman–Crippen LogP) is 2.45. The van der Waals surface area contributed by atoms with E-state index in [9.17, 15) is 4.79 Å². The quantitative estimate of drug-likeness (QED) is 0.483. The number of aromatic nitrogens is 1. The van der Waals surface area contributed by atoms with Crippen molar-refractivity contribution in [3.8, 4) is 0 Å². The molecule has 5 nitrogen and oxygen atoms in total. The van der Waals surface area contributed by atoms with Gasteiger partial charge in [-0.15, -0.1) is 11.3 Å². The van der Waals surface area contributed by atoms with Gasteiger partial charge in [0, 0.05) is 28.5 Å². The first-order chi connectivity index (χ1) is 9.99. The summed E-state index contributed by atoms with van der Waals surface area (Å²) in [7, 11) is 2.04. The van der Waals surface area contributed by atoms with E-state index in [0.717, 1.165) is 33.8 Å². The minimum Gasteiger partial charge on any atom is -0.296 e. The Bertz CT molecular complexity index is 644. The zero-order chi connectivity index (χ0) is 15.4. The number of nitrogens with one attached hydrogen (secondary N) is 1. The average molecular weight is 369 g/mol. The Morgan fingerprint density at radius 3 is 2.81 bits per heavy atom. The van der Waals surface area contributed by atoms with Crippen molar-refractivity contribution < 1.29 is 4.79 Å². The van der Waals surface area contributed by atoms with Gasteiger partial charge in [-0.2, -0.15) is 0 Å². The maximum absolute atomic E-state index is 11.5. The molecule has 0 radical (unpaired) electrons. The lowest BCUT2D eigenvalue weighted by Gasteiger charge is -2.16. The molecule has 3 N–H and O–H groups in total. The zero-order valence-electron chi connectivity index (χ0n) is 11.9. The topological polar surface area (TPSA) is 71.2 Å². The normalized spacial score (nSPS) is 10.9. The number of hydrazine groups is 1. The van der Waals surface area contributed by atoms with Crippen LogP contribution in [0, 0.1) is 6.92 Å². The highest BCUT2D eigenvalue weighted by atomic mass is 79.9. The molecule has 112 valence electrons. The molecule has 0 fully saturated rings. The third-order valence-electron chi connectivity index (χ3n) is 2.99. The number of nitrogen functional groups attached to an aromatic ring is 1. The molecule has 0 atom stereocenters. The van der Waals surface area contributed by atoms with E-state index < -0.39 is 0 Å². The van der Waals surface area contributed by atoms with E-state index in [4.69, 9.17) is 5.84 Å². The number of amides is 1. The Balaban J connectivity index is 2.03. The van der Waals surface area contributed by atoms with Crippen LogP contribution in [-0.2, 0) is 13.1 Å². The molecular weight excluding hydrogens is 352 g/mol. The smallest absolute Gasteiger partial charge is 0.265 e. The predicted molar refractivity (Wildman–Crippen MR) is 87.8 cm³/mol. The van der Waals surface area contributed by atoms with Crippen LogP contribution in [0.3, 0.4) is 0 Å². The van der Waals surface area contributed by atoms with Gasteiger partial charge in [-0.1, -0.05) is 22.0 Å². The molecule has 1 aromatic carbocycles. The van der Waals surface area contributed by atoms with Crippen LogP contribution >= 0.6 is 27.3 Å². The van der Waals surface area contributed by atoms with Gasteiger partial charge in [-0.05, 0) is 31.7 Å². The molecular formula is C14H17BrN4OS. The van der Waals surface area contributed by atoms with E-state index in [1.807, 2.05) is 20.0 Å². The van der Waals surface area contributed by atoms with Crippen LogP contribution in [0.1, 0.15) is 26.6 Å². The summed E-state index contributed by atoms with van der Waals surface area (Å²) in [6.07, 6.45) is 0. The second-order valence-electron chi connectivity index (χ2n) is 4.81. The molecule has 1 amide bonds. The molecule has 0 spiro atoms. The molecule has 1 aromatic heterocycles. The number of benzene rings is 1. The molecule has 2 aromatic rings. The van der Waals surface area contributed by atoms with Gasteiger partial charge in [0.05, 0.1) is 10.7 Å². The number of nitrogens with two attached hydrogens (primary N) is 1. The summed E-state index contributed by atoms with van der Waals surface area (Å²) < 4.78 is 0.893. The molecule has 2 rings (SSSR count). The van der Waals surface area contributed by atoms with Crippen LogP contribution in [-0.4, -0.2) is 22.8 Å². The summed E-state index contributed by atoms with van der Waals surface area (Å²) in [6.45, 7) is 3.56. The summed E-state index contributed by atoms with van der Waals surface area (Å²) in [4.78, 5) is 18.1. The first kappa shape index (κ1) is 16.1. The first-order valence-electron chi connectivity index (χ1n) is 6.38. The standard InChI is InChI=1S/C14H17BrN4OS/c1-9-17-12(8-21-9)7-19(2)6-11-4-3-10(5-13(11)15)14(20)18-16/h3-5,8H,6-7,16H2,1-2H3,(H,18,20). The molecule has 0 unspecified atom stereocenters. The minimum absolute atomic E-state index is 0.298. The lowest BCUT2D eigenvalue weighted by molar-refractivity contribution is 0.0953. The van der Waals surface area contributed by atoms with Crippen LogP contribution in [0.25, 0.3) is 0 Å². The largest absolute Gasteiger partial charge is 0.296 e. The maximum Gasteiger partial charge on any atom is 0.265 e. The van der Waals surface area contributed by atoms with E-state index in [1.165, 1.54) is 0 Å². The monoisotopic (exact) mass is 368 g/mol. The average Bonchev–Trinajstić information content (AvgIpc) is 2.85. The number of aryl methyl sites for hydroxylation is 1. The number of carbonyl (C=O) groups excluding carboxylic acids is 1. The molecule has 0 saturated carbocycles.